The molecule has 2 unspecified atom stereocenters. The number of nitrogens with one attached hydrogen (secondary N) is 1. The van der Waals surface area contributed by atoms with E-state index >= 15 is 0 Å². The molecule has 2 atom stereocenters. The molecule has 0 amide bonds. The van der Waals surface area contributed by atoms with Crippen LogP contribution in [-0.2, 0) is 14.3 Å². The lowest BCUT2D eigenvalue weighted by Gasteiger charge is -2.35. The summed E-state index contributed by atoms with van der Waals surface area (Å²) in [6, 6.07) is 0.324. The van der Waals surface area contributed by atoms with E-state index in [1.165, 1.54) is 7.11 Å². The van der Waals surface area contributed by atoms with Crippen molar-refractivity contribution in [1.82, 2.24) is 10.2 Å². The van der Waals surface area contributed by atoms with E-state index in [1.807, 2.05) is 6.92 Å². The summed E-state index contributed by atoms with van der Waals surface area (Å²) >= 11 is 0. The van der Waals surface area contributed by atoms with E-state index in [4.69, 9.17) is 9.47 Å². The van der Waals surface area contributed by atoms with Crippen molar-refractivity contribution in [3.8, 4) is 0 Å². The molecule has 0 radical (unpaired) electrons. The zero-order valence-corrected chi connectivity index (χ0v) is 13.4. The zero-order chi connectivity index (χ0) is 15.0. The Morgan fingerprint density at radius 3 is 2.85 bits per heavy atom. The summed E-state index contributed by atoms with van der Waals surface area (Å²) in [5.41, 5.74) is -0.614. The van der Waals surface area contributed by atoms with Gasteiger partial charge >= 0.3 is 5.97 Å². The first kappa shape index (κ1) is 17.4. The SMILES string of the molecule is CCCNC(C)(CC(C)N1CCCOCC1)C(=O)OC. The maximum Gasteiger partial charge on any atom is 0.325 e. The number of nitrogens with zero attached hydrogens (tertiary/aromatic N) is 1. The number of carbonyl (C=O) groups excluding carboxylic acids is 1. The lowest BCUT2D eigenvalue weighted by molar-refractivity contribution is -0.148. The van der Waals surface area contributed by atoms with E-state index < -0.39 is 5.54 Å². The third-order valence-corrected chi connectivity index (χ3v) is 3.98. The summed E-state index contributed by atoms with van der Waals surface area (Å²) in [7, 11) is 1.46. The molecule has 5 nitrogen and oxygen atoms in total. The second-order valence-electron chi connectivity index (χ2n) is 5.81. The highest BCUT2D eigenvalue weighted by molar-refractivity contribution is 5.80. The predicted octanol–water partition coefficient (Wildman–Crippen LogP) is 1.42. The molecular weight excluding hydrogens is 256 g/mol. The third-order valence-electron chi connectivity index (χ3n) is 3.98. The van der Waals surface area contributed by atoms with E-state index in [1.54, 1.807) is 0 Å². The number of rotatable bonds is 7. The molecule has 1 saturated heterocycles. The Morgan fingerprint density at radius 2 is 2.20 bits per heavy atom. The van der Waals surface area contributed by atoms with Crippen LogP contribution in [0.5, 0.6) is 0 Å². The number of hydrogen-bond donors (Lipinski definition) is 1. The summed E-state index contributed by atoms with van der Waals surface area (Å²) in [4.78, 5) is 14.5. The quantitative estimate of drug-likeness (QED) is 0.717. The second kappa shape index (κ2) is 8.60. The molecule has 1 rings (SSSR count). The summed E-state index contributed by atoms with van der Waals surface area (Å²) in [5.74, 6) is -0.177. The Balaban J connectivity index is 2.64. The standard InChI is InChI=1S/C15H30N2O3/c1-5-7-16-15(3,14(18)19-4)12-13(2)17-8-6-10-20-11-9-17/h13,16H,5-12H2,1-4H3. The molecule has 1 N–H and O–H groups in total. The lowest BCUT2D eigenvalue weighted by atomic mass is 9.92. The van der Waals surface area contributed by atoms with Gasteiger partial charge in [0.2, 0.25) is 0 Å². The van der Waals surface area contributed by atoms with E-state index in [0.717, 1.165) is 52.1 Å². The first-order chi connectivity index (χ1) is 9.53. The number of ether oxygens (including phenoxy) is 2. The Hall–Kier alpha value is -0.650. The molecule has 0 aromatic rings. The zero-order valence-electron chi connectivity index (χ0n) is 13.4. The van der Waals surface area contributed by atoms with Crippen LogP contribution in [0.3, 0.4) is 0 Å². The Labute approximate surface area is 123 Å². The van der Waals surface area contributed by atoms with Crippen LogP contribution in [0.1, 0.15) is 40.0 Å². The summed E-state index contributed by atoms with van der Waals surface area (Å²) < 4.78 is 10.5. The van der Waals surface area contributed by atoms with Gasteiger partial charge in [0.05, 0.1) is 13.7 Å². The van der Waals surface area contributed by atoms with Crippen molar-refractivity contribution in [2.75, 3.05) is 40.0 Å². The average Bonchev–Trinajstić information content (AvgIpc) is 2.73. The first-order valence-corrected chi connectivity index (χ1v) is 7.68. The van der Waals surface area contributed by atoms with E-state index in [9.17, 15) is 4.79 Å². The van der Waals surface area contributed by atoms with Crippen molar-refractivity contribution in [2.24, 2.45) is 0 Å². The first-order valence-electron chi connectivity index (χ1n) is 7.68. The molecule has 1 heterocycles. The third kappa shape index (κ3) is 5.04. The lowest BCUT2D eigenvalue weighted by Crippen LogP contribution is -2.54. The van der Waals surface area contributed by atoms with Crippen LogP contribution < -0.4 is 5.32 Å². The van der Waals surface area contributed by atoms with Crippen molar-refractivity contribution in [2.45, 2.75) is 51.6 Å². The molecule has 20 heavy (non-hydrogen) atoms. The molecule has 0 aromatic carbocycles. The molecule has 0 aliphatic carbocycles. The van der Waals surface area contributed by atoms with Crippen LogP contribution in [0.15, 0.2) is 0 Å². The van der Waals surface area contributed by atoms with Gasteiger partial charge in [0.25, 0.3) is 0 Å². The van der Waals surface area contributed by atoms with Crippen LogP contribution in [-0.4, -0.2) is 62.4 Å². The maximum absolute atomic E-state index is 12.1. The summed E-state index contributed by atoms with van der Waals surface area (Å²) in [6.45, 7) is 10.6. The second-order valence-corrected chi connectivity index (χ2v) is 5.81. The average molecular weight is 286 g/mol. The predicted molar refractivity (Wildman–Crippen MR) is 79.8 cm³/mol. The van der Waals surface area contributed by atoms with Crippen LogP contribution in [0.2, 0.25) is 0 Å². The van der Waals surface area contributed by atoms with Crippen LogP contribution in [0, 0.1) is 0 Å². The van der Waals surface area contributed by atoms with Gasteiger partial charge in [-0.05, 0) is 39.7 Å². The molecule has 1 aliphatic rings. The minimum Gasteiger partial charge on any atom is -0.468 e. The van der Waals surface area contributed by atoms with Gasteiger partial charge in [0, 0.05) is 25.7 Å². The molecule has 0 saturated carbocycles. The number of hydrogen-bond acceptors (Lipinski definition) is 5. The highest BCUT2D eigenvalue weighted by Crippen LogP contribution is 2.19. The molecule has 1 fully saturated rings. The monoisotopic (exact) mass is 286 g/mol. The summed E-state index contributed by atoms with van der Waals surface area (Å²) in [5, 5.41) is 3.35. The largest absolute Gasteiger partial charge is 0.468 e. The van der Waals surface area contributed by atoms with E-state index in [0.29, 0.717) is 6.04 Å². The van der Waals surface area contributed by atoms with Gasteiger partial charge in [-0.2, -0.15) is 0 Å². The minimum absolute atomic E-state index is 0.177. The molecular formula is C15H30N2O3. The van der Waals surface area contributed by atoms with Gasteiger partial charge in [-0.25, -0.2) is 0 Å². The van der Waals surface area contributed by atoms with Crippen LogP contribution >= 0.6 is 0 Å². The van der Waals surface area contributed by atoms with Gasteiger partial charge in [-0.15, -0.1) is 0 Å². The van der Waals surface area contributed by atoms with E-state index in [-0.39, 0.29) is 5.97 Å². The van der Waals surface area contributed by atoms with Gasteiger partial charge in [0.15, 0.2) is 0 Å². The number of methoxy groups -OCH3 is 1. The fourth-order valence-electron chi connectivity index (χ4n) is 2.78. The van der Waals surface area contributed by atoms with Crippen molar-refractivity contribution in [3.63, 3.8) is 0 Å². The fraction of sp³-hybridized carbons (Fsp3) is 0.933. The van der Waals surface area contributed by atoms with Gasteiger partial charge in [0.1, 0.15) is 5.54 Å². The maximum atomic E-state index is 12.1. The fourth-order valence-corrected chi connectivity index (χ4v) is 2.78. The number of esters is 1. The highest BCUT2D eigenvalue weighted by Gasteiger charge is 2.36. The Kier molecular flexibility index (Phi) is 7.48. The van der Waals surface area contributed by atoms with Crippen molar-refractivity contribution < 1.29 is 14.3 Å². The smallest absolute Gasteiger partial charge is 0.325 e. The molecule has 118 valence electrons. The minimum atomic E-state index is -0.614. The van der Waals surface area contributed by atoms with Crippen LogP contribution in [0.4, 0.5) is 0 Å². The molecule has 1 aliphatic heterocycles. The van der Waals surface area contributed by atoms with Crippen LogP contribution in [0.25, 0.3) is 0 Å². The number of carbonyl (C=O) groups is 1. The molecule has 5 heteroatoms. The Bertz CT molecular complexity index is 291. The summed E-state index contributed by atoms with van der Waals surface area (Å²) in [6.07, 6.45) is 2.81. The van der Waals surface area contributed by atoms with Crippen molar-refractivity contribution in [3.05, 3.63) is 0 Å². The topological polar surface area (TPSA) is 50.8 Å². The van der Waals surface area contributed by atoms with Gasteiger partial charge in [-0.1, -0.05) is 6.92 Å². The van der Waals surface area contributed by atoms with Gasteiger partial charge in [-0.3, -0.25) is 9.69 Å². The van der Waals surface area contributed by atoms with E-state index in [2.05, 4.69) is 24.1 Å². The molecule has 0 bridgehead atoms. The van der Waals surface area contributed by atoms with Crippen molar-refractivity contribution >= 4 is 5.97 Å². The molecule has 0 spiro atoms. The van der Waals surface area contributed by atoms with Crippen molar-refractivity contribution in [1.29, 1.82) is 0 Å². The Morgan fingerprint density at radius 1 is 1.45 bits per heavy atom. The highest BCUT2D eigenvalue weighted by atomic mass is 16.5. The van der Waals surface area contributed by atoms with Gasteiger partial charge < -0.3 is 14.8 Å². The normalized spacial score (nSPS) is 21.8. The molecule has 0 aromatic heterocycles.